The zero-order valence-electron chi connectivity index (χ0n) is 16.0. The third kappa shape index (κ3) is 8.96. The molecule has 24 heavy (non-hydrogen) atoms. The van der Waals surface area contributed by atoms with E-state index >= 15 is 0 Å². The van der Waals surface area contributed by atoms with Crippen molar-refractivity contribution in [1.82, 2.24) is 0 Å². The van der Waals surface area contributed by atoms with Gasteiger partial charge in [0.1, 0.15) is 5.75 Å². The van der Waals surface area contributed by atoms with Crippen molar-refractivity contribution >= 4 is 0 Å². The molecule has 0 unspecified atom stereocenters. The number of hydrogen-bond donors (Lipinski definition) is 0. The third-order valence-corrected chi connectivity index (χ3v) is 4.17. The fourth-order valence-corrected chi connectivity index (χ4v) is 2.81. The Morgan fingerprint density at radius 1 is 0.875 bits per heavy atom. The molecule has 0 saturated heterocycles. The van der Waals surface area contributed by atoms with Crippen LogP contribution in [-0.2, 0) is 6.42 Å². The van der Waals surface area contributed by atoms with Crippen molar-refractivity contribution in [3.63, 3.8) is 0 Å². The van der Waals surface area contributed by atoms with E-state index in [1.807, 2.05) is 13.8 Å². The Bertz CT molecular complexity index is 467. The van der Waals surface area contributed by atoms with E-state index in [0.29, 0.717) is 0 Å². The molecular weight excluding hydrogens is 292 g/mol. The predicted octanol–water partition coefficient (Wildman–Crippen LogP) is 7.27. The van der Waals surface area contributed by atoms with Gasteiger partial charge in [-0.1, -0.05) is 83.2 Å². The fraction of sp³-hybridized carbons (Fsp3) is 0.565. The van der Waals surface area contributed by atoms with Crippen molar-refractivity contribution in [3.05, 3.63) is 53.6 Å². The maximum absolute atomic E-state index is 5.83. The van der Waals surface area contributed by atoms with Crippen molar-refractivity contribution in [3.8, 4) is 5.75 Å². The molecule has 0 aromatic heterocycles. The molecule has 1 aliphatic carbocycles. The summed E-state index contributed by atoms with van der Waals surface area (Å²) >= 11 is 0. The van der Waals surface area contributed by atoms with E-state index in [-0.39, 0.29) is 0 Å². The summed E-state index contributed by atoms with van der Waals surface area (Å²) in [4.78, 5) is 0. The molecule has 0 radical (unpaired) electrons. The zero-order chi connectivity index (χ0) is 17.5. The second-order valence-electron chi connectivity index (χ2n) is 6.20. The number of benzene rings is 1. The Labute approximate surface area is 149 Å². The molecule has 0 aliphatic heterocycles. The van der Waals surface area contributed by atoms with Crippen LogP contribution in [0.2, 0.25) is 0 Å². The first-order chi connectivity index (χ1) is 11.9. The van der Waals surface area contributed by atoms with Crippen LogP contribution in [0.15, 0.2) is 48.1 Å². The molecule has 1 nitrogen and oxygen atoms in total. The van der Waals surface area contributed by atoms with E-state index < -0.39 is 0 Å². The number of allylic oxidation sites excluding steroid dienone is 4. The van der Waals surface area contributed by atoms with Crippen molar-refractivity contribution in [2.75, 3.05) is 6.61 Å². The maximum Gasteiger partial charge on any atom is 0.119 e. The highest BCUT2D eigenvalue weighted by Crippen LogP contribution is 2.18. The molecule has 0 heterocycles. The number of hydrogen-bond acceptors (Lipinski definition) is 1. The Kier molecular flexibility index (Phi) is 11.9. The average molecular weight is 329 g/mol. The molecule has 0 bridgehead atoms. The quantitative estimate of drug-likeness (QED) is 0.410. The van der Waals surface area contributed by atoms with Gasteiger partial charge < -0.3 is 4.74 Å². The van der Waals surface area contributed by atoms with Crippen molar-refractivity contribution in [2.24, 2.45) is 0 Å². The van der Waals surface area contributed by atoms with Gasteiger partial charge >= 0.3 is 0 Å². The first-order valence-corrected chi connectivity index (χ1v) is 9.96. The Hall–Kier alpha value is -1.50. The number of ether oxygens (including phenoxy) is 1. The smallest absolute Gasteiger partial charge is 0.119 e. The molecule has 1 aliphatic rings. The second-order valence-corrected chi connectivity index (χ2v) is 6.20. The molecule has 0 fully saturated rings. The van der Waals surface area contributed by atoms with E-state index in [1.54, 1.807) is 0 Å². The molecule has 1 heteroatoms. The van der Waals surface area contributed by atoms with Gasteiger partial charge in [-0.05, 0) is 49.0 Å². The molecule has 1 aromatic rings. The van der Waals surface area contributed by atoms with E-state index in [2.05, 4.69) is 49.4 Å². The largest absolute Gasteiger partial charge is 0.494 e. The van der Waals surface area contributed by atoms with Crippen LogP contribution in [0.25, 0.3) is 0 Å². The summed E-state index contributed by atoms with van der Waals surface area (Å²) in [6.07, 6.45) is 18.1. The molecule has 0 spiro atoms. The third-order valence-electron chi connectivity index (χ3n) is 4.17. The molecule has 0 saturated carbocycles. The van der Waals surface area contributed by atoms with Crippen molar-refractivity contribution in [2.45, 2.75) is 78.6 Å². The van der Waals surface area contributed by atoms with Crippen LogP contribution in [-0.4, -0.2) is 6.61 Å². The van der Waals surface area contributed by atoms with Crippen LogP contribution in [0.4, 0.5) is 0 Å². The van der Waals surface area contributed by atoms with Gasteiger partial charge in [0, 0.05) is 0 Å². The fourth-order valence-electron chi connectivity index (χ4n) is 2.81. The summed E-state index contributed by atoms with van der Waals surface area (Å²) < 4.78 is 5.83. The summed E-state index contributed by atoms with van der Waals surface area (Å²) in [6, 6.07) is 8.61. The number of unbranched alkanes of at least 4 members (excludes halogenated alkanes) is 5. The lowest BCUT2D eigenvalue weighted by atomic mass is 10.00. The minimum Gasteiger partial charge on any atom is -0.494 e. The molecular formula is C23H36O. The van der Waals surface area contributed by atoms with Gasteiger partial charge in [0.05, 0.1) is 6.61 Å². The van der Waals surface area contributed by atoms with Crippen LogP contribution in [0.5, 0.6) is 5.75 Å². The summed E-state index contributed by atoms with van der Waals surface area (Å²) in [6.45, 7) is 7.10. The van der Waals surface area contributed by atoms with E-state index in [4.69, 9.17) is 4.74 Å². The van der Waals surface area contributed by atoms with Gasteiger partial charge in [-0.2, -0.15) is 0 Å². The Morgan fingerprint density at radius 2 is 1.58 bits per heavy atom. The lowest BCUT2D eigenvalue weighted by Gasteiger charge is -2.09. The summed E-state index contributed by atoms with van der Waals surface area (Å²) in [5.41, 5.74) is 2.80. The average Bonchev–Trinajstić information content (AvgIpc) is 2.65. The first kappa shape index (κ1) is 20.5. The van der Waals surface area contributed by atoms with Crippen molar-refractivity contribution < 1.29 is 4.74 Å². The second kappa shape index (κ2) is 13.9. The van der Waals surface area contributed by atoms with Crippen LogP contribution in [0, 0.1) is 0 Å². The summed E-state index contributed by atoms with van der Waals surface area (Å²) in [5.74, 6) is 1.01. The molecule has 134 valence electrons. The number of rotatable bonds is 10. The highest BCUT2D eigenvalue weighted by molar-refractivity contribution is 5.33. The maximum atomic E-state index is 5.83. The van der Waals surface area contributed by atoms with E-state index in [1.165, 1.54) is 62.5 Å². The highest BCUT2D eigenvalue weighted by Gasteiger charge is 2.01. The SMILES string of the molecule is CC.CCCCCCCCOc1ccc(CC2=CCCC=C2)cc1. The lowest BCUT2D eigenvalue weighted by molar-refractivity contribution is 0.304. The molecule has 1 aromatic carbocycles. The van der Waals surface area contributed by atoms with Crippen LogP contribution >= 0.6 is 0 Å². The molecule has 0 N–H and O–H groups in total. The van der Waals surface area contributed by atoms with Crippen LogP contribution < -0.4 is 4.74 Å². The molecule has 0 atom stereocenters. The highest BCUT2D eigenvalue weighted by atomic mass is 16.5. The first-order valence-electron chi connectivity index (χ1n) is 9.96. The normalized spacial score (nSPS) is 13.0. The lowest BCUT2D eigenvalue weighted by Crippen LogP contribution is -1.98. The van der Waals surface area contributed by atoms with E-state index in [9.17, 15) is 0 Å². The topological polar surface area (TPSA) is 9.23 Å². The zero-order valence-corrected chi connectivity index (χ0v) is 16.0. The van der Waals surface area contributed by atoms with Gasteiger partial charge in [0.2, 0.25) is 0 Å². The van der Waals surface area contributed by atoms with Crippen LogP contribution in [0.1, 0.15) is 77.7 Å². The summed E-state index contributed by atoms with van der Waals surface area (Å²) in [5, 5.41) is 0. The van der Waals surface area contributed by atoms with Gasteiger partial charge in [0.25, 0.3) is 0 Å². The minimum atomic E-state index is 0.847. The monoisotopic (exact) mass is 328 g/mol. The Balaban J connectivity index is 0.00000139. The summed E-state index contributed by atoms with van der Waals surface area (Å²) in [7, 11) is 0. The van der Waals surface area contributed by atoms with E-state index in [0.717, 1.165) is 18.8 Å². The molecule has 0 amide bonds. The van der Waals surface area contributed by atoms with Gasteiger partial charge in [-0.15, -0.1) is 0 Å². The van der Waals surface area contributed by atoms with Crippen molar-refractivity contribution in [1.29, 1.82) is 0 Å². The van der Waals surface area contributed by atoms with Crippen LogP contribution in [0.3, 0.4) is 0 Å². The standard InChI is InChI=1S/C21H30O.C2H6/c1-2-3-4-5-6-10-17-22-21-15-13-20(14-16-21)18-19-11-8-7-9-12-19;1-2/h8,11-16H,2-7,9-10,17-18H2,1H3;1-2H3. The Morgan fingerprint density at radius 3 is 2.25 bits per heavy atom. The van der Waals surface area contributed by atoms with Gasteiger partial charge in [-0.3, -0.25) is 0 Å². The van der Waals surface area contributed by atoms with Gasteiger partial charge in [0.15, 0.2) is 0 Å². The minimum absolute atomic E-state index is 0.847. The van der Waals surface area contributed by atoms with Gasteiger partial charge in [-0.25, -0.2) is 0 Å². The predicted molar refractivity (Wildman–Crippen MR) is 107 cm³/mol. The molecule has 2 rings (SSSR count).